The summed E-state index contributed by atoms with van der Waals surface area (Å²) in [6, 6.07) is 14.9. The minimum atomic E-state index is -0.795. The van der Waals surface area contributed by atoms with E-state index in [0.717, 1.165) is 48.9 Å². The van der Waals surface area contributed by atoms with Crippen LogP contribution in [0.15, 0.2) is 48.5 Å². The van der Waals surface area contributed by atoms with Crippen LogP contribution in [0.2, 0.25) is 0 Å². The number of nitrogens with one attached hydrogen (secondary N) is 1. The lowest BCUT2D eigenvalue weighted by molar-refractivity contribution is -0.253. The van der Waals surface area contributed by atoms with Gasteiger partial charge >= 0.3 is 11.9 Å². The van der Waals surface area contributed by atoms with Crippen molar-refractivity contribution in [2.45, 2.75) is 115 Å². The first-order chi connectivity index (χ1) is 21.5. The van der Waals surface area contributed by atoms with Crippen molar-refractivity contribution in [3.05, 3.63) is 65.2 Å². The molecule has 2 aliphatic heterocycles. The number of rotatable bonds is 14. The van der Waals surface area contributed by atoms with Gasteiger partial charge in [0.1, 0.15) is 11.6 Å². The molecule has 3 N–H and O–H groups in total. The van der Waals surface area contributed by atoms with Gasteiger partial charge in [-0.05, 0) is 76.3 Å². The average molecular weight is 625 g/mol. The van der Waals surface area contributed by atoms with Crippen molar-refractivity contribution < 1.29 is 38.8 Å². The molecule has 4 rings (SSSR count). The number of carboxylic acid groups (broad SMARTS) is 1. The number of amides is 1. The third-order valence-electron chi connectivity index (χ3n) is 8.08. The Morgan fingerprint density at radius 2 is 1.71 bits per heavy atom. The minimum absolute atomic E-state index is 0.0373. The van der Waals surface area contributed by atoms with Crippen molar-refractivity contribution in [3.63, 3.8) is 0 Å². The molecule has 10 heteroatoms. The molecule has 2 aromatic rings. The number of aliphatic hydroxyl groups is 1. The summed E-state index contributed by atoms with van der Waals surface area (Å²) in [5.74, 6) is -1.10. The van der Waals surface area contributed by atoms with Gasteiger partial charge in [0.15, 0.2) is 6.29 Å². The van der Waals surface area contributed by atoms with Crippen molar-refractivity contribution in [1.82, 2.24) is 4.90 Å². The molecule has 0 aliphatic carbocycles. The number of carboxylic acids is 1. The number of unbranched alkanes of at least 4 members (excludes halogenated alkanes) is 3. The second kappa shape index (κ2) is 16.3. The Hall–Kier alpha value is -3.31. The van der Waals surface area contributed by atoms with E-state index in [-0.39, 0.29) is 43.2 Å². The van der Waals surface area contributed by atoms with E-state index >= 15 is 0 Å². The summed E-state index contributed by atoms with van der Waals surface area (Å²) in [4.78, 5) is 38.4. The molecule has 45 heavy (non-hydrogen) atoms. The van der Waals surface area contributed by atoms with E-state index in [0.29, 0.717) is 37.9 Å². The van der Waals surface area contributed by atoms with E-state index in [1.807, 2.05) is 69.3 Å². The molecule has 0 aromatic heterocycles. The Morgan fingerprint density at radius 3 is 2.40 bits per heavy atom. The maximum atomic E-state index is 13.0. The molecule has 2 aliphatic rings. The Morgan fingerprint density at radius 1 is 0.978 bits per heavy atom. The second-order valence-corrected chi connectivity index (χ2v) is 13.0. The number of hydrogen-bond donors (Lipinski definition) is 3. The largest absolute Gasteiger partial charge is 0.481 e. The number of carbonyl (C=O) groups excluding carboxylic acids is 2. The molecule has 2 heterocycles. The fraction of sp³-hybridized carbons (Fsp3) is 0.571. The summed E-state index contributed by atoms with van der Waals surface area (Å²) in [5, 5.41) is 21.2. The van der Waals surface area contributed by atoms with Crippen LogP contribution in [-0.2, 0) is 35.2 Å². The Labute approximate surface area is 266 Å². The van der Waals surface area contributed by atoms with Gasteiger partial charge in [-0.15, -0.1) is 0 Å². The monoisotopic (exact) mass is 624 g/mol. The fourth-order valence-electron chi connectivity index (χ4n) is 5.88. The van der Waals surface area contributed by atoms with Crippen LogP contribution in [0.3, 0.4) is 0 Å². The van der Waals surface area contributed by atoms with E-state index in [1.54, 1.807) is 0 Å². The molecule has 0 unspecified atom stereocenters. The lowest BCUT2D eigenvalue weighted by Crippen LogP contribution is -2.45. The van der Waals surface area contributed by atoms with Gasteiger partial charge in [-0.25, -0.2) is 0 Å². The molecule has 0 saturated carbocycles. The standard InChI is InChI=1S/C35H48N2O8/c1-35(2,3)45-33(42)29-12-9-19-37(29)22-28-21-30(25-17-15-24(23-38)16-18-25)44-34(43-28)26-10-8-11-27(20-26)36-31(39)13-6-4-5-7-14-32(40)41/h8,10-11,15-18,20,28-30,34,38H,4-7,9,12-14,19,21-23H2,1-3H3,(H,36,39)(H,40,41)/t28-,29-,30+,34+/m0/s1. The zero-order valence-corrected chi connectivity index (χ0v) is 26.7. The smallest absolute Gasteiger partial charge is 0.323 e. The predicted octanol–water partition coefficient (Wildman–Crippen LogP) is 5.89. The van der Waals surface area contributed by atoms with Gasteiger partial charge in [0.05, 0.1) is 18.8 Å². The molecule has 2 aromatic carbocycles. The highest BCUT2D eigenvalue weighted by molar-refractivity contribution is 5.90. The fourth-order valence-corrected chi connectivity index (χ4v) is 5.88. The van der Waals surface area contributed by atoms with Gasteiger partial charge in [0.25, 0.3) is 0 Å². The van der Waals surface area contributed by atoms with E-state index in [2.05, 4.69) is 10.2 Å². The number of ether oxygens (including phenoxy) is 3. The Kier molecular flexibility index (Phi) is 12.5. The van der Waals surface area contributed by atoms with Crippen LogP contribution in [0.25, 0.3) is 0 Å². The maximum absolute atomic E-state index is 13.0. The van der Waals surface area contributed by atoms with Gasteiger partial charge in [-0.1, -0.05) is 49.2 Å². The van der Waals surface area contributed by atoms with Crippen molar-refractivity contribution >= 4 is 23.5 Å². The molecular formula is C35H48N2O8. The van der Waals surface area contributed by atoms with Crippen molar-refractivity contribution in [1.29, 1.82) is 0 Å². The summed E-state index contributed by atoms with van der Waals surface area (Å²) in [7, 11) is 0. The van der Waals surface area contributed by atoms with Gasteiger partial charge in [-0.2, -0.15) is 0 Å². The first kappa shape index (κ1) is 34.6. The molecule has 0 bridgehead atoms. The van der Waals surface area contributed by atoms with Crippen molar-refractivity contribution in [2.75, 3.05) is 18.4 Å². The van der Waals surface area contributed by atoms with Crippen LogP contribution in [-0.4, -0.2) is 63.8 Å². The van der Waals surface area contributed by atoms with Gasteiger partial charge < -0.3 is 29.7 Å². The first-order valence-corrected chi connectivity index (χ1v) is 16.1. The van der Waals surface area contributed by atoms with E-state index < -0.39 is 17.9 Å². The van der Waals surface area contributed by atoms with E-state index in [9.17, 15) is 19.5 Å². The normalized spacial score (nSPS) is 22.2. The minimum Gasteiger partial charge on any atom is -0.481 e. The van der Waals surface area contributed by atoms with Crippen LogP contribution < -0.4 is 5.32 Å². The molecule has 2 saturated heterocycles. The number of nitrogens with zero attached hydrogens (tertiary/aromatic N) is 1. The maximum Gasteiger partial charge on any atom is 0.323 e. The number of aliphatic carboxylic acids is 1. The number of hydrogen-bond acceptors (Lipinski definition) is 8. The molecule has 0 radical (unpaired) electrons. The number of esters is 1. The number of carbonyl (C=O) groups is 3. The third kappa shape index (κ3) is 10.9. The summed E-state index contributed by atoms with van der Waals surface area (Å²) < 4.78 is 18.7. The Bertz CT molecular complexity index is 1280. The summed E-state index contributed by atoms with van der Waals surface area (Å²) in [6.45, 7) is 6.94. The molecule has 2 fully saturated rings. The summed E-state index contributed by atoms with van der Waals surface area (Å²) >= 11 is 0. The molecule has 0 spiro atoms. The van der Waals surface area contributed by atoms with Crippen molar-refractivity contribution in [2.24, 2.45) is 0 Å². The summed E-state index contributed by atoms with van der Waals surface area (Å²) in [6.07, 6.45) is 4.47. The average Bonchev–Trinajstić information content (AvgIpc) is 3.46. The number of aliphatic hydroxyl groups excluding tert-OH is 1. The highest BCUT2D eigenvalue weighted by atomic mass is 16.7. The number of likely N-dealkylation sites (tertiary alicyclic amines) is 1. The van der Waals surface area contributed by atoms with Gasteiger partial charge in [0, 0.05) is 37.1 Å². The zero-order valence-electron chi connectivity index (χ0n) is 26.7. The third-order valence-corrected chi connectivity index (χ3v) is 8.08. The van der Waals surface area contributed by atoms with E-state index in [1.165, 1.54) is 0 Å². The lowest BCUT2D eigenvalue weighted by Gasteiger charge is -2.38. The number of anilines is 1. The SMILES string of the molecule is CC(C)(C)OC(=O)[C@@H]1CCCN1C[C@@H]1C[C@H](c2ccc(CO)cc2)O[C@H](c2cccc(NC(=O)CCCCCCC(=O)O)c2)O1. The first-order valence-electron chi connectivity index (χ1n) is 16.1. The lowest BCUT2D eigenvalue weighted by atomic mass is 9.99. The number of benzene rings is 2. The zero-order chi connectivity index (χ0) is 32.4. The predicted molar refractivity (Wildman–Crippen MR) is 169 cm³/mol. The van der Waals surface area contributed by atoms with Crippen LogP contribution >= 0.6 is 0 Å². The topological polar surface area (TPSA) is 135 Å². The molecular weight excluding hydrogens is 576 g/mol. The summed E-state index contributed by atoms with van der Waals surface area (Å²) in [5.41, 5.74) is 2.66. The molecule has 4 atom stereocenters. The Balaban J connectivity index is 1.44. The molecule has 246 valence electrons. The molecule has 10 nitrogen and oxygen atoms in total. The van der Waals surface area contributed by atoms with Gasteiger partial charge in [-0.3, -0.25) is 19.3 Å². The van der Waals surface area contributed by atoms with E-state index in [4.69, 9.17) is 19.3 Å². The van der Waals surface area contributed by atoms with Gasteiger partial charge in [0.2, 0.25) is 5.91 Å². The van der Waals surface area contributed by atoms with Crippen LogP contribution in [0, 0.1) is 0 Å². The highest BCUT2D eigenvalue weighted by Crippen LogP contribution is 2.39. The second-order valence-electron chi connectivity index (χ2n) is 13.0. The quantitative estimate of drug-likeness (QED) is 0.174. The van der Waals surface area contributed by atoms with Crippen LogP contribution in [0.5, 0.6) is 0 Å². The van der Waals surface area contributed by atoms with Crippen molar-refractivity contribution in [3.8, 4) is 0 Å². The van der Waals surface area contributed by atoms with Crippen LogP contribution in [0.4, 0.5) is 5.69 Å². The molecule has 1 amide bonds. The van der Waals surface area contributed by atoms with Crippen LogP contribution in [0.1, 0.15) is 108 Å². The highest BCUT2D eigenvalue weighted by Gasteiger charge is 2.39.